The molecule has 7 heteroatoms. The Balaban J connectivity index is 2.15. The van der Waals surface area contributed by atoms with Gasteiger partial charge in [0, 0.05) is 0 Å². The molecular weight excluding hydrogens is 374 g/mol. The zero-order chi connectivity index (χ0) is 17.4. The third-order valence-electron chi connectivity index (χ3n) is 3.34. The second-order valence-electron chi connectivity index (χ2n) is 7.69. The molecule has 0 amide bonds. The van der Waals surface area contributed by atoms with Crippen LogP contribution < -0.4 is 10.4 Å². The molecule has 2 rings (SSSR count). The Morgan fingerprint density at radius 3 is 2.48 bits per heavy atom. The monoisotopic (exact) mass is 399 g/mol. The number of nitrogens with one attached hydrogen (secondary N) is 1. The molecule has 0 saturated carbocycles. The van der Waals surface area contributed by atoms with Crippen LogP contribution in [0.15, 0.2) is 24.4 Å². The van der Waals surface area contributed by atoms with Crippen LogP contribution in [0.5, 0.6) is 0 Å². The van der Waals surface area contributed by atoms with Gasteiger partial charge >= 0.3 is 145 Å². The van der Waals surface area contributed by atoms with Crippen LogP contribution >= 0.6 is 11.6 Å². The van der Waals surface area contributed by atoms with Gasteiger partial charge in [-0.1, -0.05) is 0 Å². The minimum absolute atomic E-state index is 0.146. The molecule has 23 heavy (non-hydrogen) atoms. The molecular formula is C16H24ClGeN3O2. The number of carbonyl (C=O) groups is 1. The van der Waals surface area contributed by atoms with Crippen LogP contribution in [-0.4, -0.2) is 34.7 Å². The van der Waals surface area contributed by atoms with Crippen LogP contribution in [0.4, 0.5) is 5.82 Å². The van der Waals surface area contributed by atoms with Gasteiger partial charge < -0.3 is 0 Å². The summed E-state index contributed by atoms with van der Waals surface area (Å²) in [6, 6.07) is 3.42. The predicted molar refractivity (Wildman–Crippen MR) is 96.3 cm³/mol. The van der Waals surface area contributed by atoms with E-state index in [0.717, 1.165) is 0 Å². The summed E-state index contributed by atoms with van der Waals surface area (Å²) >= 11 is 4.34. The van der Waals surface area contributed by atoms with Crippen molar-refractivity contribution in [3.05, 3.63) is 35.1 Å². The number of rotatable bonds is 3. The maximum absolute atomic E-state index is 12.1. The normalized spacial score (nSPS) is 18.4. The average molecular weight is 398 g/mol. The summed E-state index contributed by atoms with van der Waals surface area (Å²) < 4.78 is 5.33. The Morgan fingerprint density at radius 1 is 1.35 bits per heavy atom. The standard InChI is InChI=1S/C16H24ClGeN3O2/c1-16(2,3)23-15(22)11-7-8-13(19-14(11)17)21-10-9-12(20-21)18(4,5)6/h7-10,12,20H,1-6H3. The van der Waals surface area contributed by atoms with Gasteiger partial charge in [0.25, 0.3) is 0 Å². The van der Waals surface area contributed by atoms with E-state index in [1.54, 1.807) is 12.1 Å². The molecule has 1 atom stereocenters. The third kappa shape index (κ3) is 4.72. The first-order valence-electron chi connectivity index (χ1n) is 7.61. The van der Waals surface area contributed by atoms with Crippen molar-refractivity contribution in [3.63, 3.8) is 0 Å². The van der Waals surface area contributed by atoms with E-state index in [-0.39, 0.29) is 10.7 Å². The predicted octanol–water partition coefficient (Wildman–Crippen LogP) is 3.77. The fourth-order valence-electron chi connectivity index (χ4n) is 2.08. The number of esters is 1. The van der Waals surface area contributed by atoms with E-state index in [9.17, 15) is 4.79 Å². The van der Waals surface area contributed by atoms with E-state index in [4.69, 9.17) is 16.3 Å². The zero-order valence-electron chi connectivity index (χ0n) is 14.5. The summed E-state index contributed by atoms with van der Waals surface area (Å²) in [6.45, 7) is 5.45. The van der Waals surface area contributed by atoms with Crippen LogP contribution in [0.1, 0.15) is 31.1 Å². The van der Waals surface area contributed by atoms with Crippen molar-refractivity contribution in [2.75, 3.05) is 5.01 Å². The Kier molecular flexibility index (Phi) is 5.13. The van der Waals surface area contributed by atoms with E-state index in [2.05, 4.69) is 33.8 Å². The van der Waals surface area contributed by atoms with Crippen molar-refractivity contribution in [2.45, 2.75) is 48.5 Å². The van der Waals surface area contributed by atoms with E-state index < -0.39 is 24.8 Å². The maximum atomic E-state index is 12.1. The van der Waals surface area contributed by atoms with Crippen molar-refractivity contribution in [1.29, 1.82) is 0 Å². The van der Waals surface area contributed by atoms with Crippen LogP contribution in [0.25, 0.3) is 0 Å². The number of anilines is 1. The number of pyridine rings is 1. The molecule has 1 aromatic heterocycles. The number of aromatic nitrogens is 1. The van der Waals surface area contributed by atoms with Crippen LogP contribution in [0.2, 0.25) is 22.4 Å². The van der Waals surface area contributed by atoms with Gasteiger partial charge in [-0.15, -0.1) is 0 Å². The third-order valence-corrected chi connectivity index (χ3v) is 8.22. The van der Waals surface area contributed by atoms with E-state index in [1.165, 1.54) is 0 Å². The van der Waals surface area contributed by atoms with Gasteiger partial charge in [0.15, 0.2) is 0 Å². The Bertz CT molecular complexity index is 635. The van der Waals surface area contributed by atoms with Crippen molar-refractivity contribution < 1.29 is 9.53 Å². The summed E-state index contributed by atoms with van der Waals surface area (Å²) in [4.78, 5) is 16.8. The molecule has 1 unspecified atom stereocenters. The number of hydrogen-bond donors (Lipinski definition) is 1. The molecule has 126 valence electrons. The number of ether oxygens (including phenoxy) is 1. The fourth-order valence-corrected chi connectivity index (χ4v) is 4.80. The molecule has 0 bridgehead atoms. The Hall–Kier alpha value is -1.05. The van der Waals surface area contributed by atoms with Gasteiger partial charge in [-0.25, -0.2) is 0 Å². The zero-order valence-corrected chi connectivity index (χ0v) is 17.3. The van der Waals surface area contributed by atoms with Gasteiger partial charge in [0.05, 0.1) is 0 Å². The van der Waals surface area contributed by atoms with Crippen molar-refractivity contribution in [1.82, 2.24) is 10.4 Å². The molecule has 5 nitrogen and oxygen atoms in total. The summed E-state index contributed by atoms with van der Waals surface area (Å²) in [5.74, 6) is 7.23. The molecule has 0 fully saturated rings. The van der Waals surface area contributed by atoms with E-state index >= 15 is 0 Å². The quantitative estimate of drug-likeness (QED) is 0.477. The van der Waals surface area contributed by atoms with Crippen LogP contribution in [-0.2, 0) is 4.74 Å². The first kappa shape index (κ1) is 18.3. The molecule has 1 aliphatic heterocycles. The number of carbonyl (C=O) groups excluding carboxylic acids is 1. The molecule has 0 radical (unpaired) electrons. The fraction of sp³-hybridized carbons (Fsp3) is 0.500. The Morgan fingerprint density at radius 2 is 2.00 bits per heavy atom. The van der Waals surface area contributed by atoms with Crippen LogP contribution in [0.3, 0.4) is 0 Å². The molecule has 0 saturated heterocycles. The molecule has 1 aromatic rings. The number of hydrogen-bond acceptors (Lipinski definition) is 5. The molecule has 0 aliphatic carbocycles. The Labute approximate surface area is 145 Å². The number of halogens is 1. The number of hydrazine groups is 1. The summed E-state index contributed by atoms with van der Waals surface area (Å²) in [5, 5.41) is 2.00. The molecule has 2 heterocycles. The van der Waals surface area contributed by atoms with E-state index in [0.29, 0.717) is 10.7 Å². The number of nitrogens with zero attached hydrogens (tertiary/aromatic N) is 2. The summed E-state index contributed by atoms with van der Waals surface area (Å²) in [7, 11) is 0. The first-order chi connectivity index (χ1) is 10.5. The van der Waals surface area contributed by atoms with Crippen molar-refractivity contribution in [2.24, 2.45) is 0 Å². The molecule has 1 N–H and O–H groups in total. The second-order valence-corrected chi connectivity index (χ2v) is 19.3. The van der Waals surface area contributed by atoms with Gasteiger partial charge in [-0.05, 0) is 0 Å². The van der Waals surface area contributed by atoms with Crippen LogP contribution in [0, 0.1) is 0 Å². The van der Waals surface area contributed by atoms with Gasteiger partial charge in [0.2, 0.25) is 0 Å². The molecule has 1 aliphatic rings. The summed E-state index contributed by atoms with van der Waals surface area (Å²) in [6.07, 6.45) is 4.13. The minimum atomic E-state index is -1.84. The first-order valence-corrected chi connectivity index (χ1v) is 15.5. The molecule has 0 aromatic carbocycles. The van der Waals surface area contributed by atoms with Gasteiger partial charge in [0.1, 0.15) is 0 Å². The van der Waals surface area contributed by atoms with Crippen molar-refractivity contribution >= 4 is 36.7 Å². The van der Waals surface area contributed by atoms with Gasteiger partial charge in [-0.2, -0.15) is 0 Å². The molecule has 0 spiro atoms. The van der Waals surface area contributed by atoms with E-state index in [1.807, 2.05) is 32.0 Å². The average Bonchev–Trinajstić information content (AvgIpc) is 2.85. The second kappa shape index (κ2) is 6.45. The van der Waals surface area contributed by atoms with Crippen molar-refractivity contribution in [3.8, 4) is 0 Å². The topological polar surface area (TPSA) is 54.5 Å². The summed E-state index contributed by atoms with van der Waals surface area (Å²) in [5.41, 5.74) is 3.14. The van der Waals surface area contributed by atoms with Gasteiger partial charge in [-0.3, -0.25) is 0 Å². The SMILES string of the molecule is CC(C)(C)OC(=O)c1ccc(N2C=C[CH]([Ge]([CH3])([CH3])[CH3])N2)nc1Cl.